The number of likely N-dealkylation sites (tertiary alicyclic amines) is 2. The maximum absolute atomic E-state index is 13.0. The van der Waals surface area contributed by atoms with Gasteiger partial charge in [0, 0.05) is 43.0 Å². The molecule has 2 saturated heterocycles. The maximum Gasteiger partial charge on any atom is 0.333 e. The molecular weight excluding hydrogens is 853 g/mol. The molecule has 0 unspecified atom stereocenters. The van der Waals surface area contributed by atoms with Gasteiger partial charge in [-0.3, -0.25) is 19.2 Å². The van der Waals surface area contributed by atoms with Crippen molar-refractivity contribution in [3.8, 4) is 12.0 Å². The number of ether oxygens (including phenoxy) is 1. The molecule has 64 heavy (non-hydrogen) atoms. The number of carbonyl (C=O) groups is 1. The topological polar surface area (TPSA) is 211 Å². The van der Waals surface area contributed by atoms with Crippen molar-refractivity contribution >= 4 is 31.8 Å². The van der Waals surface area contributed by atoms with E-state index in [-0.39, 0.29) is 22.1 Å². The number of nitrogens with one attached hydrogen (secondary N) is 2. The van der Waals surface area contributed by atoms with Crippen molar-refractivity contribution in [3.05, 3.63) is 80.2 Å². The highest BCUT2D eigenvalue weighted by molar-refractivity contribution is 7.90. The molecule has 2 aliphatic heterocycles. The lowest BCUT2D eigenvalue weighted by molar-refractivity contribution is 0.166. The fourth-order valence-electron chi connectivity index (χ4n) is 9.97. The van der Waals surface area contributed by atoms with Crippen molar-refractivity contribution in [2.45, 2.75) is 153 Å². The molecule has 2 aromatic heterocycles. The minimum atomic E-state index is -4.08. The van der Waals surface area contributed by atoms with Gasteiger partial charge in [0.25, 0.3) is 26.3 Å². The summed E-state index contributed by atoms with van der Waals surface area (Å²) in [7, 11) is -7.79. The number of carbonyl (C=O) groups excluding carboxylic acids is 1. The second-order valence-electron chi connectivity index (χ2n) is 18.5. The molecule has 4 N–H and O–H groups in total. The minimum absolute atomic E-state index is 0.0264. The Morgan fingerprint density at radius 3 is 1.50 bits per heavy atom. The average Bonchev–Trinajstić information content (AvgIpc) is 4.05. The molecule has 2 fully saturated rings. The number of urea groups is 1. The van der Waals surface area contributed by atoms with Crippen LogP contribution >= 0.6 is 0 Å². The van der Waals surface area contributed by atoms with Gasteiger partial charge in [-0.2, -0.15) is 18.6 Å². The highest BCUT2D eigenvalue weighted by Gasteiger charge is 2.30. The SMILES string of the molecule is CC(C)n1nc(S(=O)(=O)NC(=O)Nc2c3c(cc4c2CCC4)CCC3)cc1CN1CCC1.CC(C)n1nc(S(N)(=O)=O)cc1CN1CCC1.N#COc1c2c(cc3c1CCC3)CCC2. The molecule has 344 valence electrons. The van der Waals surface area contributed by atoms with Crippen LogP contribution in [0.25, 0.3) is 0 Å². The van der Waals surface area contributed by atoms with E-state index in [1.54, 1.807) is 21.5 Å². The molecule has 2 amide bonds. The smallest absolute Gasteiger partial charge is 0.333 e. The Bertz CT molecular complexity index is 2610. The summed E-state index contributed by atoms with van der Waals surface area (Å²) < 4.78 is 59.4. The van der Waals surface area contributed by atoms with Gasteiger partial charge < -0.3 is 10.1 Å². The molecular formula is C46H62N10O6S2. The van der Waals surface area contributed by atoms with E-state index in [0.29, 0.717) is 6.54 Å². The number of nitriles is 1. The van der Waals surface area contributed by atoms with Gasteiger partial charge in [-0.25, -0.2) is 23.1 Å². The van der Waals surface area contributed by atoms with E-state index in [4.69, 9.17) is 15.1 Å². The summed E-state index contributed by atoms with van der Waals surface area (Å²) in [6, 6.07) is 7.22. The largest absolute Gasteiger partial charge is 0.387 e. The van der Waals surface area contributed by atoms with E-state index in [0.717, 1.165) is 126 Å². The summed E-state index contributed by atoms with van der Waals surface area (Å²) in [5.74, 6) is 0.903. The number of hydrogen-bond acceptors (Lipinski definition) is 11. The zero-order valence-electron chi connectivity index (χ0n) is 37.6. The molecule has 16 nitrogen and oxygen atoms in total. The van der Waals surface area contributed by atoms with Crippen LogP contribution in [-0.2, 0) is 84.5 Å². The first-order chi connectivity index (χ1) is 30.6. The van der Waals surface area contributed by atoms with E-state index in [1.165, 1.54) is 63.8 Å². The van der Waals surface area contributed by atoms with Crippen LogP contribution in [0.5, 0.6) is 5.75 Å². The van der Waals surface area contributed by atoms with Crippen molar-refractivity contribution < 1.29 is 26.4 Å². The van der Waals surface area contributed by atoms with E-state index in [1.807, 2.05) is 34.0 Å². The molecule has 0 atom stereocenters. The first-order valence-corrected chi connectivity index (χ1v) is 26.0. The molecule has 4 aromatic rings. The molecule has 0 saturated carbocycles. The summed E-state index contributed by atoms with van der Waals surface area (Å²) >= 11 is 0. The van der Waals surface area contributed by atoms with Crippen LogP contribution in [0.2, 0.25) is 0 Å². The van der Waals surface area contributed by atoms with Crippen molar-refractivity contribution in [1.82, 2.24) is 34.1 Å². The molecule has 0 radical (unpaired) electrons. The fourth-order valence-corrected chi connectivity index (χ4v) is 11.4. The van der Waals surface area contributed by atoms with Gasteiger partial charge >= 0.3 is 6.03 Å². The lowest BCUT2D eigenvalue weighted by Crippen LogP contribution is -2.37. The number of fused-ring (bicyclic) bond motifs is 4. The third kappa shape index (κ3) is 9.88. The lowest BCUT2D eigenvalue weighted by Gasteiger charge is -2.30. The van der Waals surface area contributed by atoms with Crippen molar-refractivity contribution in [2.24, 2.45) is 5.14 Å². The highest BCUT2D eigenvalue weighted by atomic mass is 32.2. The summed E-state index contributed by atoms with van der Waals surface area (Å²) in [6.45, 7) is 13.4. The van der Waals surface area contributed by atoms with Gasteiger partial charge in [0.05, 0.1) is 11.4 Å². The van der Waals surface area contributed by atoms with Gasteiger partial charge in [-0.15, -0.1) is 5.26 Å². The number of anilines is 1. The molecule has 4 heterocycles. The molecule has 0 spiro atoms. The Labute approximate surface area is 377 Å². The van der Waals surface area contributed by atoms with E-state index < -0.39 is 26.1 Å². The zero-order valence-corrected chi connectivity index (χ0v) is 39.2. The van der Waals surface area contributed by atoms with Gasteiger partial charge in [-0.1, -0.05) is 12.1 Å². The summed E-state index contributed by atoms with van der Waals surface area (Å²) in [5.41, 5.74) is 12.9. The third-order valence-electron chi connectivity index (χ3n) is 13.3. The number of primary sulfonamides is 1. The van der Waals surface area contributed by atoms with E-state index in [9.17, 15) is 21.6 Å². The van der Waals surface area contributed by atoms with Crippen LogP contribution < -0.4 is 19.9 Å². The number of rotatable bonds is 11. The number of hydrogen-bond donors (Lipinski definition) is 3. The van der Waals surface area contributed by atoms with Crippen LogP contribution in [-0.4, -0.2) is 78.4 Å². The summed E-state index contributed by atoms with van der Waals surface area (Å²) in [5, 5.41) is 24.9. The predicted octanol–water partition coefficient (Wildman–Crippen LogP) is 6.00. The second kappa shape index (κ2) is 19.0. The standard InChI is InChI=1S/C23H31N5O3S.C13H13NO.C10H18N4O2S/c1-15(2)28-18(14-27-10-5-11-27)13-21(25-28)32(30,31)26-23(29)24-22-19-8-3-6-16(19)12-17-7-4-9-20(17)22;14-8-15-13-11-5-1-3-9(11)7-10-4-2-6-12(10)13;1-8(2)14-9(7-13-4-3-5-13)6-10(12-14)17(11,15)16/h12-13,15H,3-11,14H2,1-2H3,(H2,24,26,29);7H,1-6H2;6,8H,3-5,7H2,1-2H3,(H2,11,15,16). The monoisotopic (exact) mass is 914 g/mol. The van der Waals surface area contributed by atoms with Crippen LogP contribution in [0.15, 0.2) is 34.3 Å². The number of benzene rings is 2. The Hall–Kier alpha value is -4.80. The normalized spacial score (nSPS) is 17.5. The second-order valence-corrected chi connectivity index (χ2v) is 21.6. The number of aryl methyl sites for hydroxylation is 4. The van der Waals surface area contributed by atoms with Gasteiger partial charge in [-0.05, 0) is 188 Å². The number of nitrogens with two attached hydrogens (primary N) is 1. The van der Waals surface area contributed by atoms with E-state index >= 15 is 0 Å². The van der Waals surface area contributed by atoms with Gasteiger partial charge in [0.2, 0.25) is 0 Å². The van der Waals surface area contributed by atoms with Crippen LogP contribution in [0.4, 0.5) is 10.5 Å². The maximum atomic E-state index is 13.0. The molecule has 2 aromatic carbocycles. The van der Waals surface area contributed by atoms with E-state index in [2.05, 4.69) is 42.2 Å². The van der Waals surface area contributed by atoms with Gasteiger partial charge in [0.15, 0.2) is 10.1 Å². The highest BCUT2D eigenvalue weighted by Crippen LogP contribution is 2.41. The number of nitrogens with zero attached hydrogens (tertiary/aromatic N) is 7. The van der Waals surface area contributed by atoms with Gasteiger partial charge in [0.1, 0.15) is 5.75 Å². The summed E-state index contributed by atoms with van der Waals surface area (Å²) in [6.07, 6.45) is 17.1. The Morgan fingerprint density at radius 1 is 0.672 bits per heavy atom. The van der Waals surface area contributed by atoms with Crippen LogP contribution in [0, 0.1) is 11.5 Å². The minimum Gasteiger partial charge on any atom is -0.387 e. The first kappa shape index (κ1) is 45.8. The van der Waals surface area contributed by atoms with Crippen molar-refractivity contribution in [2.75, 3.05) is 31.5 Å². The van der Waals surface area contributed by atoms with Crippen molar-refractivity contribution in [1.29, 1.82) is 5.26 Å². The molecule has 10 rings (SSSR count). The number of sulfonamides is 2. The average molecular weight is 915 g/mol. The Balaban J connectivity index is 0.000000146. The zero-order chi connectivity index (χ0) is 45.3. The molecule has 0 bridgehead atoms. The summed E-state index contributed by atoms with van der Waals surface area (Å²) in [4.78, 5) is 17.3. The van der Waals surface area contributed by atoms with Crippen LogP contribution in [0.3, 0.4) is 0 Å². The predicted molar refractivity (Wildman–Crippen MR) is 243 cm³/mol. The van der Waals surface area contributed by atoms with Crippen molar-refractivity contribution in [3.63, 3.8) is 0 Å². The quantitative estimate of drug-likeness (QED) is 0.149. The fraction of sp³-hybridized carbons (Fsp3) is 0.565. The molecule has 6 aliphatic rings. The number of aromatic nitrogens is 4. The lowest BCUT2D eigenvalue weighted by atomic mass is 9.99. The Kier molecular flexibility index (Phi) is 13.6. The molecule has 4 aliphatic carbocycles. The van der Waals surface area contributed by atoms with Crippen LogP contribution in [0.1, 0.15) is 134 Å². The Morgan fingerprint density at radius 2 is 1.09 bits per heavy atom. The number of amides is 2. The third-order valence-corrected chi connectivity index (χ3v) is 15.3. The molecule has 18 heteroatoms. The first-order valence-electron chi connectivity index (χ1n) is 23.0.